The van der Waals surface area contributed by atoms with E-state index in [2.05, 4.69) is 14.9 Å². The van der Waals surface area contributed by atoms with Gasteiger partial charge in [-0.2, -0.15) is 0 Å². The second kappa shape index (κ2) is 6.24. The molecule has 1 aromatic heterocycles. The maximum Gasteiger partial charge on any atom is 0.276 e. The Hall–Kier alpha value is -1.56. The molecule has 0 fully saturated rings. The molecule has 1 heterocycles. The summed E-state index contributed by atoms with van der Waals surface area (Å²) in [5.74, 6) is 0.579. The average Bonchev–Trinajstić information content (AvgIpc) is 2.28. The Morgan fingerprint density at radius 3 is 2.71 bits per heavy atom. The Kier molecular flexibility index (Phi) is 4.96. The lowest BCUT2D eigenvalue weighted by atomic mass is 10.3. The highest BCUT2D eigenvalue weighted by atomic mass is 16.1. The van der Waals surface area contributed by atoms with Crippen LogP contribution in [0.5, 0.6) is 0 Å². The minimum atomic E-state index is -0.277. The van der Waals surface area contributed by atoms with Crippen LogP contribution in [0.15, 0.2) is 11.1 Å². The molecule has 0 atom stereocenters. The molecule has 0 radical (unpaired) electrons. The normalized spacial score (nSPS) is 10.8. The van der Waals surface area contributed by atoms with Crippen LogP contribution >= 0.6 is 0 Å². The molecule has 1 aromatic rings. The molecular weight excluding hydrogens is 218 g/mol. The van der Waals surface area contributed by atoms with E-state index in [4.69, 9.17) is 5.73 Å². The first-order valence-electron chi connectivity index (χ1n) is 5.79. The van der Waals surface area contributed by atoms with Gasteiger partial charge >= 0.3 is 0 Å². The summed E-state index contributed by atoms with van der Waals surface area (Å²) in [5, 5.41) is 0. The van der Waals surface area contributed by atoms with Crippen LogP contribution < -0.4 is 16.2 Å². The maximum atomic E-state index is 11.4. The number of anilines is 2. The zero-order chi connectivity index (χ0) is 12.8. The molecule has 96 valence electrons. The van der Waals surface area contributed by atoms with Crippen molar-refractivity contribution in [1.82, 2.24) is 14.9 Å². The van der Waals surface area contributed by atoms with Crippen molar-refractivity contribution in [1.29, 1.82) is 0 Å². The Morgan fingerprint density at radius 2 is 2.12 bits per heavy atom. The molecule has 0 aromatic carbocycles. The molecule has 0 bridgehead atoms. The SMILES string of the molecule is CCN(CCCN(C)C)c1nc[nH]c(=O)c1N. The first kappa shape index (κ1) is 13.5. The molecule has 6 nitrogen and oxygen atoms in total. The van der Waals surface area contributed by atoms with Gasteiger partial charge < -0.3 is 20.5 Å². The molecule has 0 spiro atoms. The van der Waals surface area contributed by atoms with E-state index in [0.29, 0.717) is 5.82 Å². The van der Waals surface area contributed by atoms with Crippen LogP contribution in [0.25, 0.3) is 0 Å². The molecular formula is C11H21N5O. The van der Waals surface area contributed by atoms with Crippen LogP contribution in [0.2, 0.25) is 0 Å². The predicted octanol–water partition coefficient (Wildman–Crippen LogP) is 0.130. The van der Waals surface area contributed by atoms with Gasteiger partial charge in [0.25, 0.3) is 5.56 Å². The number of aromatic nitrogens is 2. The van der Waals surface area contributed by atoms with Crippen molar-refractivity contribution < 1.29 is 0 Å². The quantitative estimate of drug-likeness (QED) is 0.738. The third-order valence-corrected chi connectivity index (χ3v) is 2.58. The lowest BCUT2D eigenvalue weighted by molar-refractivity contribution is 0.400. The average molecular weight is 239 g/mol. The van der Waals surface area contributed by atoms with Crippen molar-refractivity contribution in [2.75, 3.05) is 44.4 Å². The zero-order valence-corrected chi connectivity index (χ0v) is 10.7. The summed E-state index contributed by atoms with van der Waals surface area (Å²) >= 11 is 0. The number of H-pyrrole nitrogens is 1. The Bertz CT molecular complexity index is 401. The van der Waals surface area contributed by atoms with Gasteiger partial charge in [-0.05, 0) is 34.0 Å². The van der Waals surface area contributed by atoms with Crippen molar-refractivity contribution in [2.45, 2.75) is 13.3 Å². The first-order valence-corrected chi connectivity index (χ1v) is 5.79. The van der Waals surface area contributed by atoms with Gasteiger partial charge in [-0.3, -0.25) is 4.79 Å². The van der Waals surface area contributed by atoms with Crippen LogP contribution in [-0.4, -0.2) is 48.6 Å². The number of nitrogens with zero attached hydrogens (tertiary/aromatic N) is 3. The summed E-state index contributed by atoms with van der Waals surface area (Å²) in [5.41, 5.74) is 5.65. The van der Waals surface area contributed by atoms with Gasteiger partial charge in [0.2, 0.25) is 0 Å². The van der Waals surface area contributed by atoms with Crippen molar-refractivity contribution >= 4 is 11.5 Å². The fraction of sp³-hybridized carbons (Fsp3) is 0.636. The second-order valence-electron chi connectivity index (χ2n) is 4.21. The van der Waals surface area contributed by atoms with Gasteiger partial charge in [0, 0.05) is 13.1 Å². The van der Waals surface area contributed by atoms with Gasteiger partial charge in [0.1, 0.15) is 5.69 Å². The highest BCUT2D eigenvalue weighted by Gasteiger charge is 2.11. The lowest BCUT2D eigenvalue weighted by Gasteiger charge is -2.23. The van der Waals surface area contributed by atoms with Crippen molar-refractivity contribution in [3.05, 3.63) is 16.7 Å². The topological polar surface area (TPSA) is 78.2 Å². The molecule has 0 aliphatic carbocycles. The number of aromatic amines is 1. The predicted molar refractivity (Wildman–Crippen MR) is 70.3 cm³/mol. The zero-order valence-electron chi connectivity index (χ0n) is 10.7. The summed E-state index contributed by atoms with van der Waals surface area (Å²) in [4.78, 5) is 22.1. The molecule has 0 unspecified atom stereocenters. The second-order valence-corrected chi connectivity index (χ2v) is 4.21. The summed E-state index contributed by atoms with van der Waals surface area (Å²) in [7, 11) is 4.08. The van der Waals surface area contributed by atoms with E-state index in [-0.39, 0.29) is 11.2 Å². The fourth-order valence-corrected chi connectivity index (χ4v) is 1.64. The molecule has 0 saturated heterocycles. The molecule has 0 aliphatic rings. The molecule has 6 heteroatoms. The molecule has 1 rings (SSSR count). The Morgan fingerprint density at radius 1 is 1.41 bits per heavy atom. The number of nitrogens with two attached hydrogens (primary N) is 1. The minimum absolute atomic E-state index is 0.194. The smallest absolute Gasteiger partial charge is 0.276 e. The van der Waals surface area contributed by atoms with Gasteiger partial charge in [0.05, 0.1) is 6.33 Å². The highest BCUT2D eigenvalue weighted by molar-refractivity contribution is 5.60. The molecule has 0 amide bonds. The van der Waals surface area contributed by atoms with E-state index < -0.39 is 0 Å². The number of rotatable bonds is 6. The standard InChI is InChI=1S/C11H21N5O/c1-4-16(7-5-6-15(2)3)10-9(12)11(17)14-8-13-10/h8H,4-7,12H2,1-3H3,(H,13,14,17). The summed E-state index contributed by atoms with van der Waals surface area (Å²) in [6.45, 7) is 4.65. The molecule has 0 saturated carbocycles. The van der Waals surface area contributed by atoms with Crippen molar-refractivity contribution in [2.24, 2.45) is 0 Å². The number of nitrogen functional groups attached to an aromatic ring is 1. The Labute approximate surface area is 101 Å². The van der Waals surface area contributed by atoms with Crippen molar-refractivity contribution in [3.63, 3.8) is 0 Å². The fourth-order valence-electron chi connectivity index (χ4n) is 1.64. The number of nitrogens with one attached hydrogen (secondary N) is 1. The summed E-state index contributed by atoms with van der Waals surface area (Å²) in [6.07, 6.45) is 2.40. The van der Waals surface area contributed by atoms with Gasteiger partial charge in [-0.1, -0.05) is 0 Å². The van der Waals surface area contributed by atoms with Crippen LogP contribution in [-0.2, 0) is 0 Å². The van der Waals surface area contributed by atoms with Gasteiger partial charge in [0.15, 0.2) is 5.82 Å². The van der Waals surface area contributed by atoms with Crippen LogP contribution in [0, 0.1) is 0 Å². The van der Waals surface area contributed by atoms with Crippen LogP contribution in [0.3, 0.4) is 0 Å². The van der Waals surface area contributed by atoms with Crippen LogP contribution in [0.1, 0.15) is 13.3 Å². The van der Waals surface area contributed by atoms with E-state index in [1.807, 2.05) is 25.9 Å². The number of hydrogen-bond donors (Lipinski definition) is 2. The number of hydrogen-bond acceptors (Lipinski definition) is 5. The largest absolute Gasteiger partial charge is 0.391 e. The van der Waals surface area contributed by atoms with E-state index >= 15 is 0 Å². The summed E-state index contributed by atoms with van der Waals surface area (Å²) in [6, 6.07) is 0. The third kappa shape index (κ3) is 3.74. The van der Waals surface area contributed by atoms with E-state index in [1.165, 1.54) is 6.33 Å². The van der Waals surface area contributed by atoms with Gasteiger partial charge in [-0.25, -0.2) is 4.98 Å². The lowest BCUT2D eigenvalue weighted by Crippen LogP contribution is -2.30. The van der Waals surface area contributed by atoms with Crippen LogP contribution in [0.4, 0.5) is 11.5 Å². The molecule has 0 aliphatic heterocycles. The minimum Gasteiger partial charge on any atom is -0.391 e. The Balaban J connectivity index is 2.73. The summed E-state index contributed by atoms with van der Waals surface area (Å²) < 4.78 is 0. The highest BCUT2D eigenvalue weighted by Crippen LogP contribution is 2.14. The first-order chi connectivity index (χ1) is 8.06. The van der Waals surface area contributed by atoms with E-state index in [9.17, 15) is 4.79 Å². The third-order valence-electron chi connectivity index (χ3n) is 2.58. The maximum absolute atomic E-state index is 11.4. The molecule has 3 N–H and O–H groups in total. The van der Waals surface area contributed by atoms with Crippen molar-refractivity contribution in [3.8, 4) is 0 Å². The van der Waals surface area contributed by atoms with Gasteiger partial charge in [-0.15, -0.1) is 0 Å². The van der Waals surface area contributed by atoms with E-state index in [1.54, 1.807) is 0 Å². The monoisotopic (exact) mass is 239 g/mol. The molecule has 17 heavy (non-hydrogen) atoms. The van der Waals surface area contributed by atoms with E-state index in [0.717, 1.165) is 26.1 Å².